The summed E-state index contributed by atoms with van der Waals surface area (Å²) in [6.07, 6.45) is 0.174. The van der Waals surface area contributed by atoms with E-state index in [1.807, 2.05) is 4.57 Å². The van der Waals surface area contributed by atoms with Gasteiger partial charge in [-0.2, -0.15) is 0 Å². The Morgan fingerprint density at radius 1 is 1.30 bits per heavy atom. The van der Waals surface area contributed by atoms with Crippen LogP contribution in [-0.4, -0.2) is 35.8 Å². The number of carbonyl (C=O) groups excluding carboxylic acids is 1. The van der Waals surface area contributed by atoms with Crippen LogP contribution in [0.5, 0.6) is 0 Å². The first-order chi connectivity index (χ1) is 14.2. The lowest BCUT2D eigenvalue weighted by Crippen LogP contribution is -2.27. The molecule has 2 aromatic carbocycles. The first kappa shape index (κ1) is 20.9. The number of nitrogens with zero attached hydrogens (tertiary/aromatic N) is 2. The summed E-state index contributed by atoms with van der Waals surface area (Å²) in [5.41, 5.74) is 0.893. The molecule has 2 heterocycles. The van der Waals surface area contributed by atoms with Gasteiger partial charge in [0.2, 0.25) is 0 Å². The predicted molar refractivity (Wildman–Crippen MR) is 112 cm³/mol. The Hall–Kier alpha value is -2.32. The molecule has 1 atom stereocenters. The summed E-state index contributed by atoms with van der Waals surface area (Å²) in [5.74, 6) is -1.12. The van der Waals surface area contributed by atoms with Gasteiger partial charge in [0.1, 0.15) is 17.2 Å². The zero-order valence-corrected chi connectivity index (χ0v) is 18.4. The third-order valence-corrected chi connectivity index (χ3v) is 6.06. The Balaban J connectivity index is 1.93. The molecule has 30 heavy (non-hydrogen) atoms. The SMILES string of the molecule is COC(=O)c1cc(F)c2nc(Cc3ccc(Br)cc3F)n([C@@H]3COCC3(C)C)c2c1. The maximum absolute atomic E-state index is 14.9. The highest BCUT2D eigenvalue weighted by atomic mass is 79.9. The Morgan fingerprint density at radius 3 is 2.70 bits per heavy atom. The van der Waals surface area contributed by atoms with Gasteiger partial charge in [-0.05, 0) is 29.8 Å². The van der Waals surface area contributed by atoms with E-state index >= 15 is 0 Å². The number of imidazole rings is 1. The van der Waals surface area contributed by atoms with Gasteiger partial charge in [-0.15, -0.1) is 0 Å². The van der Waals surface area contributed by atoms with E-state index in [1.54, 1.807) is 18.2 Å². The van der Waals surface area contributed by atoms with E-state index in [0.717, 1.165) is 6.07 Å². The fourth-order valence-corrected chi connectivity index (χ4v) is 4.26. The van der Waals surface area contributed by atoms with Crippen LogP contribution in [0.4, 0.5) is 8.78 Å². The fourth-order valence-electron chi connectivity index (χ4n) is 3.92. The van der Waals surface area contributed by atoms with Gasteiger partial charge in [0.05, 0.1) is 37.4 Å². The van der Waals surface area contributed by atoms with Gasteiger partial charge in [-0.1, -0.05) is 35.8 Å². The number of ether oxygens (including phenoxy) is 2. The molecule has 158 valence electrons. The Bertz CT molecular complexity index is 1140. The van der Waals surface area contributed by atoms with Crippen LogP contribution in [0.25, 0.3) is 11.0 Å². The molecule has 0 radical (unpaired) electrons. The summed E-state index contributed by atoms with van der Waals surface area (Å²) in [6.45, 7) is 5.06. The van der Waals surface area contributed by atoms with E-state index in [-0.39, 0.29) is 34.8 Å². The first-order valence-corrected chi connectivity index (χ1v) is 10.3. The summed E-state index contributed by atoms with van der Waals surface area (Å²) in [7, 11) is 1.25. The quantitative estimate of drug-likeness (QED) is 0.492. The standard InChI is InChI=1S/C22H21BrF2N2O3/c1-22(2)11-30-10-18(22)27-17-7-13(21(28)29-3)6-16(25)20(17)26-19(27)8-12-4-5-14(23)9-15(12)24/h4-7,9,18H,8,10-11H2,1-3H3/t18-/m1/s1. The molecule has 8 heteroatoms. The zero-order chi connectivity index (χ0) is 21.6. The van der Waals surface area contributed by atoms with Crippen LogP contribution in [0.15, 0.2) is 34.8 Å². The van der Waals surface area contributed by atoms with Crippen LogP contribution in [0, 0.1) is 17.0 Å². The van der Waals surface area contributed by atoms with E-state index in [9.17, 15) is 13.6 Å². The third kappa shape index (κ3) is 3.63. The van der Waals surface area contributed by atoms with Crippen molar-refractivity contribution >= 4 is 32.9 Å². The van der Waals surface area contributed by atoms with Crippen molar-refractivity contribution in [1.29, 1.82) is 0 Å². The summed E-state index contributed by atoms with van der Waals surface area (Å²) < 4.78 is 42.4. The van der Waals surface area contributed by atoms with Crippen molar-refractivity contribution < 1.29 is 23.0 Å². The van der Waals surface area contributed by atoms with Gasteiger partial charge in [0.15, 0.2) is 5.82 Å². The largest absolute Gasteiger partial charge is 0.465 e. The molecule has 0 bridgehead atoms. The average Bonchev–Trinajstić information content (AvgIpc) is 3.22. The second-order valence-corrected chi connectivity index (χ2v) is 9.06. The minimum Gasteiger partial charge on any atom is -0.465 e. The molecule has 4 rings (SSSR count). The average molecular weight is 479 g/mol. The molecule has 0 amide bonds. The lowest BCUT2D eigenvalue weighted by atomic mass is 9.87. The molecule has 0 spiro atoms. The number of halogens is 3. The number of aromatic nitrogens is 2. The van der Waals surface area contributed by atoms with Crippen LogP contribution in [0.1, 0.15) is 41.6 Å². The maximum Gasteiger partial charge on any atom is 0.338 e. The van der Waals surface area contributed by atoms with E-state index < -0.39 is 11.8 Å². The normalized spacial score (nSPS) is 18.1. The molecule has 1 saturated heterocycles. The van der Waals surface area contributed by atoms with Crippen LogP contribution in [-0.2, 0) is 15.9 Å². The number of hydrogen-bond donors (Lipinski definition) is 0. The number of hydrogen-bond acceptors (Lipinski definition) is 4. The molecule has 0 aliphatic carbocycles. The summed E-state index contributed by atoms with van der Waals surface area (Å²) in [5, 5.41) is 0. The van der Waals surface area contributed by atoms with Gasteiger partial charge >= 0.3 is 5.97 Å². The second kappa shape index (κ2) is 7.74. The van der Waals surface area contributed by atoms with Crippen LogP contribution in [0.2, 0.25) is 0 Å². The van der Waals surface area contributed by atoms with E-state index in [4.69, 9.17) is 9.47 Å². The highest BCUT2D eigenvalue weighted by Crippen LogP contribution is 2.41. The van der Waals surface area contributed by atoms with Gasteiger partial charge < -0.3 is 14.0 Å². The van der Waals surface area contributed by atoms with Crippen molar-refractivity contribution in [1.82, 2.24) is 9.55 Å². The number of rotatable bonds is 4. The van der Waals surface area contributed by atoms with Crippen molar-refractivity contribution in [3.8, 4) is 0 Å². The molecule has 0 saturated carbocycles. The maximum atomic E-state index is 14.9. The lowest BCUT2D eigenvalue weighted by molar-refractivity contribution is 0.0600. The van der Waals surface area contributed by atoms with Crippen molar-refractivity contribution in [2.75, 3.05) is 20.3 Å². The van der Waals surface area contributed by atoms with Crippen molar-refractivity contribution in [2.24, 2.45) is 5.41 Å². The number of methoxy groups -OCH3 is 1. The third-order valence-electron chi connectivity index (χ3n) is 5.57. The highest BCUT2D eigenvalue weighted by Gasteiger charge is 2.39. The number of carbonyl (C=O) groups is 1. The van der Waals surface area contributed by atoms with Crippen LogP contribution in [0.3, 0.4) is 0 Å². The molecular weight excluding hydrogens is 458 g/mol. The molecule has 1 fully saturated rings. The molecule has 1 aromatic heterocycles. The van der Waals surface area contributed by atoms with Crippen molar-refractivity contribution in [3.63, 3.8) is 0 Å². The topological polar surface area (TPSA) is 53.3 Å². The van der Waals surface area contributed by atoms with Gasteiger partial charge in [0, 0.05) is 16.3 Å². The van der Waals surface area contributed by atoms with E-state index in [0.29, 0.717) is 34.6 Å². The van der Waals surface area contributed by atoms with E-state index in [2.05, 4.69) is 34.8 Å². The predicted octanol–water partition coefficient (Wildman–Crippen LogP) is 5.05. The Labute approximate surface area is 181 Å². The highest BCUT2D eigenvalue weighted by molar-refractivity contribution is 9.10. The number of benzene rings is 2. The van der Waals surface area contributed by atoms with Crippen LogP contribution < -0.4 is 0 Å². The minimum atomic E-state index is -0.633. The number of esters is 1. The van der Waals surface area contributed by atoms with Gasteiger partial charge in [0.25, 0.3) is 0 Å². The molecule has 3 aromatic rings. The number of fused-ring (bicyclic) bond motifs is 1. The monoisotopic (exact) mass is 478 g/mol. The molecule has 0 unspecified atom stereocenters. The fraction of sp³-hybridized carbons (Fsp3) is 0.364. The summed E-state index contributed by atoms with van der Waals surface area (Å²) in [4.78, 5) is 16.6. The van der Waals surface area contributed by atoms with Gasteiger partial charge in [-0.25, -0.2) is 18.6 Å². The lowest BCUT2D eigenvalue weighted by Gasteiger charge is -2.28. The molecular formula is C22H21BrF2N2O3. The second-order valence-electron chi connectivity index (χ2n) is 8.15. The Kier molecular flexibility index (Phi) is 5.40. The smallest absolute Gasteiger partial charge is 0.338 e. The summed E-state index contributed by atoms with van der Waals surface area (Å²) >= 11 is 3.26. The summed E-state index contributed by atoms with van der Waals surface area (Å²) in [6, 6.07) is 7.36. The van der Waals surface area contributed by atoms with E-state index in [1.165, 1.54) is 13.2 Å². The molecule has 0 N–H and O–H groups in total. The zero-order valence-electron chi connectivity index (χ0n) is 16.8. The molecule has 1 aliphatic rings. The van der Waals surface area contributed by atoms with Gasteiger partial charge in [-0.3, -0.25) is 0 Å². The van der Waals surface area contributed by atoms with Crippen molar-refractivity contribution in [3.05, 3.63) is 63.4 Å². The van der Waals surface area contributed by atoms with Crippen molar-refractivity contribution in [2.45, 2.75) is 26.3 Å². The molecule has 5 nitrogen and oxygen atoms in total. The van der Waals surface area contributed by atoms with Crippen LogP contribution >= 0.6 is 15.9 Å². The molecule has 1 aliphatic heterocycles. The Morgan fingerprint density at radius 2 is 2.07 bits per heavy atom. The minimum absolute atomic E-state index is 0.0988. The first-order valence-electron chi connectivity index (χ1n) is 9.51.